The molecule has 0 radical (unpaired) electrons. The van der Waals surface area contributed by atoms with Crippen molar-refractivity contribution in [3.63, 3.8) is 0 Å². The van der Waals surface area contributed by atoms with Gasteiger partial charge in [-0.2, -0.15) is 0 Å². The van der Waals surface area contributed by atoms with Crippen LogP contribution >= 0.6 is 0 Å². The van der Waals surface area contributed by atoms with Gasteiger partial charge in [0, 0.05) is 6.54 Å². The Bertz CT molecular complexity index is 655. The second kappa shape index (κ2) is 5.28. The van der Waals surface area contributed by atoms with E-state index in [-0.39, 0.29) is 0 Å². The van der Waals surface area contributed by atoms with Crippen LogP contribution in [0.5, 0.6) is 0 Å². The Hall–Kier alpha value is -2.07. The highest BCUT2D eigenvalue weighted by molar-refractivity contribution is 5.75. The Kier molecular flexibility index (Phi) is 3.33. The number of hydrogen-bond acceptors (Lipinski definition) is 3. The number of rotatable bonds is 5. The lowest BCUT2D eigenvalue weighted by atomic mass is 10.3. The number of aryl methyl sites for hydroxylation is 1. The van der Waals surface area contributed by atoms with E-state index in [4.69, 9.17) is 4.42 Å². The van der Waals surface area contributed by atoms with Crippen LogP contribution < -0.4 is 5.32 Å². The number of benzene rings is 1. The summed E-state index contributed by atoms with van der Waals surface area (Å²) in [5.74, 6) is 2.01. The summed E-state index contributed by atoms with van der Waals surface area (Å²) in [6.07, 6.45) is 1.69. The Morgan fingerprint density at radius 1 is 1.16 bits per heavy atom. The molecule has 0 aliphatic rings. The molecule has 0 aliphatic heterocycles. The Morgan fingerprint density at radius 3 is 2.84 bits per heavy atom. The van der Waals surface area contributed by atoms with Crippen LogP contribution in [0.2, 0.25) is 0 Å². The number of nitrogens with one attached hydrogen (secondary N) is 1. The summed E-state index contributed by atoms with van der Waals surface area (Å²) in [6.45, 7) is 4.53. The zero-order valence-electron chi connectivity index (χ0n) is 11.0. The van der Waals surface area contributed by atoms with Crippen molar-refractivity contribution in [3.8, 4) is 0 Å². The van der Waals surface area contributed by atoms with Crippen LogP contribution in [0.3, 0.4) is 0 Å². The normalized spacial score (nSPS) is 11.2. The topological polar surface area (TPSA) is 43.0 Å². The Labute approximate surface area is 112 Å². The molecular formula is C15H17N3O. The third kappa shape index (κ3) is 2.39. The minimum atomic E-state index is 0.722. The fourth-order valence-electron chi connectivity index (χ4n) is 2.32. The van der Waals surface area contributed by atoms with Crippen LogP contribution in [0.25, 0.3) is 11.0 Å². The molecule has 0 aliphatic carbocycles. The molecule has 98 valence electrons. The molecule has 0 spiro atoms. The van der Waals surface area contributed by atoms with Crippen LogP contribution in [0.1, 0.15) is 18.5 Å². The second-order valence-corrected chi connectivity index (χ2v) is 4.44. The van der Waals surface area contributed by atoms with Crippen molar-refractivity contribution in [2.24, 2.45) is 0 Å². The number of para-hydroxylation sites is 2. The molecule has 0 fully saturated rings. The fraction of sp³-hybridized carbons (Fsp3) is 0.267. The minimum absolute atomic E-state index is 0.722. The van der Waals surface area contributed by atoms with Crippen LogP contribution in [-0.2, 0) is 19.6 Å². The van der Waals surface area contributed by atoms with Crippen molar-refractivity contribution in [3.05, 3.63) is 54.2 Å². The first-order chi connectivity index (χ1) is 9.38. The van der Waals surface area contributed by atoms with Crippen molar-refractivity contribution in [1.82, 2.24) is 14.9 Å². The maximum atomic E-state index is 5.30. The molecule has 0 saturated heterocycles. The maximum absolute atomic E-state index is 5.30. The molecule has 3 rings (SSSR count). The highest BCUT2D eigenvalue weighted by Crippen LogP contribution is 2.15. The molecule has 0 atom stereocenters. The van der Waals surface area contributed by atoms with Crippen LogP contribution in [-0.4, -0.2) is 9.55 Å². The van der Waals surface area contributed by atoms with Crippen LogP contribution in [0, 0.1) is 0 Å². The van der Waals surface area contributed by atoms with E-state index in [1.807, 2.05) is 18.2 Å². The van der Waals surface area contributed by atoms with Gasteiger partial charge in [0.25, 0.3) is 0 Å². The predicted octanol–water partition coefficient (Wildman–Crippen LogP) is 2.94. The van der Waals surface area contributed by atoms with E-state index in [2.05, 4.69) is 40.0 Å². The van der Waals surface area contributed by atoms with E-state index < -0.39 is 0 Å². The van der Waals surface area contributed by atoms with Crippen molar-refractivity contribution in [2.75, 3.05) is 0 Å². The van der Waals surface area contributed by atoms with Crippen molar-refractivity contribution in [1.29, 1.82) is 0 Å². The predicted molar refractivity (Wildman–Crippen MR) is 74.7 cm³/mol. The van der Waals surface area contributed by atoms with Crippen molar-refractivity contribution >= 4 is 11.0 Å². The summed E-state index contributed by atoms with van der Waals surface area (Å²) >= 11 is 0. The largest absolute Gasteiger partial charge is 0.468 e. The molecule has 0 bridgehead atoms. The lowest BCUT2D eigenvalue weighted by Crippen LogP contribution is -2.16. The maximum Gasteiger partial charge on any atom is 0.123 e. The number of imidazole rings is 1. The van der Waals surface area contributed by atoms with Crippen molar-refractivity contribution in [2.45, 2.75) is 26.6 Å². The van der Waals surface area contributed by atoms with Gasteiger partial charge in [-0.05, 0) is 31.2 Å². The molecular weight excluding hydrogens is 238 g/mol. The molecule has 1 N–H and O–H groups in total. The SMILES string of the molecule is CCn1c(CNCc2ccco2)nc2ccccc21. The molecule has 19 heavy (non-hydrogen) atoms. The highest BCUT2D eigenvalue weighted by atomic mass is 16.3. The van der Waals surface area contributed by atoms with Crippen molar-refractivity contribution < 1.29 is 4.42 Å². The first kappa shape index (κ1) is 12.0. The third-order valence-corrected chi connectivity index (χ3v) is 3.21. The summed E-state index contributed by atoms with van der Waals surface area (Å²) in [6, 6.07) is 12.1. The standard InChI is InChI=1S/C15H17N3O/c1-2-18-14-8-4-3-7-13(14)17-15(18)11-16-10-12-6-5-9-19-12/h3-9,16H,2,10-11H2,1H3. The summed E-state index contributed by atoms with van der Waals surface area (Å²) in [4.78, 5) is 4.67. The molecule has 4 nitrogen and oxygen atoms in total. The fourth-order valence-corrected chi connectivity index (χ4v) is 2.32. The van der Waals surface area contributed by atoms with Crippen LogP contribution in [0.4, 0.5) is 0 Å². The quantitative estimate of drug-likeness (QED) is 0.762. The summed E-state index contributed by atoms with van der Waals surface area (Å²) < 4.78 is 7.54. The average Bonchev–Trinajstić information content (AvgIpc) is 3.05. The molecule has 1 aromatic carbocycles. The number of aromatic nitrogens is 2. The van der Waals surface area contributed by atoms with E-state index in [1.54, 1.807) is 6.26 Å². The van der Waals surface area contributed by atoms with E-state index in [0.29, 0.717) is 0 Å². The molecule has 3 aromatic rings. The zero-order chi connectivity index (χ0) is 13.1. The molecule has 2 aromatic heterocycles. The van der Waals surface area contributed by atoms with Gasteiger partial charge in [-0.3, -0.25) is 0 Å². The monoisotopic (exact) mass is 255 g/mol. The number of hydrogen-bond donors (Lipinski definition) is 1. The lowest BCUT2D eigenvalue weighted by molar-refractivity contribution is 0.478. The lowest BCUT2D eigenvalue weighted by Gasteiger charge is -2.06. The van der Waals surface area contributed by atoms with Gasteiger partial charge in [-0.15, -0.1) is 0 Å². The van der Waals surface area contributed by atoms with Gasteiger partial charge in [0.15, 0.2) is 0 Å². The van der Waals surface area contributed by atoms with Gasteiger partial charge < -0.3 is 14.3 Å². The van der Waals surface area contributed by atoms with Gasteiger partial charge in [-0.25, -0.2) is 4.98 Å². The van der Waals surface area contributed by atoms with Gasteiger partial charge in [0.1, 0.15) is 11.6 Å². The minimum Gasteiger partial charge on any atom is -0.468 e. The Balaban J connectivity index is 1.76. The van der Waals surface area contributed by atoms with E-state index in [0.717, 1.165) is 36.7 Å². The van der Waals surface area contributed by atoms with Gasteiger partial charge >= 0.3 is 0 Å². The molecule has 2 heterocycles. The summed E-state index contributed by atoms with van der Waals surface area (Å²) in [5, 5.41) is 3.36. The van der Waals surface area contributed by atoms with Gasteiger partial charge in [0.2, 0.25) is 0 Å². The number of nitrogens with zero attached hydrogens (tertiary/aromatic N) is 2. The average molecular weight is 255 g/mol. The first-order valence-electron chi connectivity index (χ1n) is 6.55. The second-order valence-electron chi connectivity index (χ2n) is 4.44. The summed E-state index contributed by atoms with van der Waals surface area (Å²) in [7, 11) is 0. The summed E-state index contributed by atoms with van der Waals surface area (Å²) in [5.41, 5.74) is 2.25. The number of furan rings is 1. The van der Waals surface area contributed by atoms with Gasteiger partial charge in [0.05, 0.1) is 30.4 Å². The van der Waals surface area contributed by atoms with E-state index in [1.165, 1.54) is 5.52 Å². The van der Waals surface area contributed by atoms with E-state index in [9.17, 15) is 0 Å². The smallest absolute Gasteiger partial charge is 0.123 e. The third-order valence-electron chi connectivity index (χ3n) is 3.21. The molecule has 0 saturated carbocycles. The molecule has 0 unspecified atom stereocenters. The molecule has 4 heteroatoms. The highest BCUT2D eigenvalue weighted by Gasteiger charge is 2.08. The van der Waals surface area contributed by atoms with Crippen LogP contribution in [0.15, 0.2) is 47.1 Å². The number of fused-ring (bicyclic) bond motifs is 1. The van der Waals surface area contributed by atoms with Gasteiger partial charge in [-0.1, -0.05) is 12.1 Å². The molecule has 0 amide bonds. The van der Waals surface area contributed by atoms with E-state index >= 15 is 0 Å². The Morgan fingerprint density at radius 2 is 2.05 bits per heavy atom. The first-order valence-corrected chi connectivity index (χ1v) is 6.55. The zero-order valence-corrected chi connectivity index (χ0v) is 11.0.